The van der Waals surface area contributed by atoms with Crippen LogP contribution < -0.4 is 0 Å². The molecule has 8 heavy (non-hydrogen) atoms. The average Bonchev–Trinajstić information content (AvgIpc) is 1.85. The Balaban J connectivity index is 2.56. The minimum atomic E-state index is -0.296. The molecule has 1 aliphatic rings. The van der Waals surface area contributed by atoms with Crippen LogP contribution in [0.4, 0.5) is 0 Å². The molecular formula is C5H9NOS. The monoisotopic (exact) mass is 131 g/mol. The van der Waals surface area contributed by atoms with E-state index in [1.807, 2.05) is 13.8 Å². The highest BCUT2D eigenvalue weighted by molar-refractivity contribution is 8.14. The van der Waals surface area contributed by atoms with Gasteiger partial charge in [0.25, 0.3) is 0 Å². The van der Waals surface area contributed by atoms with Crippen molar-refractivity contribution in [2.75, 3.05) is 0 Å². The quantitative estimate of drug-likeness (QED) is 0.529. The number of aliphatic hydroxyl groups is 1. The molecule has 0 saturated carbocycles. The number of aliphatic imine (C=N–C) groups is 1. The van der Waals surface area contributed by atoms with Crippen molar-refractivity contribution in [2.45, 2.75) is 25.3 Å². The number of hydrogen-bond donors (Lipinski definition) is 1. The molecule has 0 radical (unpaired) electrons. The molecule has 3 heteroatoms. The van der Waals surface area contributed by atoms with Crippen molar-refractivity contribution in [3.05, 3.63) is 0 Å². The molecule has 0 bridgehead atoms. The Labute approximate surface area is 53.0 Å². The van der Waals surface area contributed by atoms with Crippen molar-refractivity contribution in [3.63, 3.8) is 0 Å². The third-order valence-corrected chi connectivity index (χ3v) is 2.17. The smallest absolute Gasteiger partial charge is 0.127 e. The Morgan fingerprint density at radius 3 is 2.50 bits per heavy atom. The molecule has 0 aromatic rings. The summed E-state index contributed by atoms with van der Waals surface area (Å²) in [6.07, 6.45) is 0. The van der Waals surface area contributed by atoms with Gasteiger partial charge in [-0.05, 0) is 13.8 Å². The number of hydrogen-bond acceptors (Lipinski definition) is 3. The molecule has 2 atom stereocenters. The number of nitrogens with zero attached hydrogens (tertiary/aromatic N) is 1. The summed E-state index contributed by atoms with van der Waals surface area (Å²) >= 11 is 1.43. The van der Waals surface area contributed by atoms with E-state index < -0.39 is 0 Å². The minimum Gasteiger partial charge on any atom is -0.380 e. The van der Waals surface area contributed by atoms with Gasteiger partial charge in [0.15, 0.2) is 0 Å². The second-order valence-corrected chi connectivity index (χ2v) is 3.21. The third kappa shape index (κ3) is 1.03. The predicted octanol–water partition coefficient (Wildman–Crippen LogP) is 0.859. The summed E-state index contributed by atoms with van der Waals surface area (Å²) in [6.45, 7) is 3.82. The first-order valence-corrected chi connectivity index (χ1v) is 3.47. The van der Waals surface area contributed by atoms with Crippen LogP contribution in [0.2, 0.25) is 0 Å². The Kier molecular flexibility index (Phi) is 1.58. The molecule has 0 amide bonds. The molecule has 0 aliphatic carbocycles. The van der Waals surface area contributed by atoms with E-state index in [9.17, 15) is 0 Å². The predicted molar refractivity (Wildman–Crippen MR) is 36.2 cm³/mol. The molecule has 0 aromatic carbocycles. The van der Waals surface area contributed by atoms with Crippen LogP contribution in [0.1, 0.15) is 13.8 Å². The maximum absolute atomic E-state index is 9.02. The zero-order valence-electron chi connectivity index (χ0n) is 4.96. The Bertz CT molecular complexity index is 124. The molecule has 2 nitrogen and oxygen atoms in total. The lowest BCUT2D eigenvalue weighted by atomic mass is 10.4. The van der Waals surface area contributed by atoms with Crippen LogP contribution >= 0.6 is 11.8 Å². The van der Waals surface area contributed by atoms with Gasteiger partial charge in [0.1, 0.15) is 5.44 Å². The molecule has 0 aromatic heterocycles. The van der Waals surface area contributed by atoms with Crippen LogP contribution in [0.3, 0.4) is 0 Å². The van der Waals surface area contributed by atoms with Crippen LogP contribution in [0.15, 0.2) is 4.99 Å². The summed E-state index contributed by atoms with van der Waals surface area (Å²) in [4.78, 5) is 4.10. The summed E-state index contributed by atoms with van der Waals surface area (Å²) in [5.74, 6) is 0. The largest absolute Gasteiger partial charge is 0.380 e. The van der Waals surface area contributed by atoms with Gasteiger partial charge < -0.3 is 5.11 Å². The Morgan fingerprint density at radius 1 is 1.75 bits per heavy atom. The second kappa shape index (κ2) is 2.07. The van der Waals surface area contributed by atoms with E-state index in [0.717, 1.165) is 5.04 Å². The van der Waals surface area contributed by atoms with Crippen molar-refractivity contribution in [2.24, 2.45) is 4.99 Å². The van der Waals surface area contributed by atoms with Crippen LogP contribution in [0, 0.1) is 0 Å². The molecule has 2 unspecified atom stereocenters. The summed E-state index contributed by atoms with van der Waals surface area (Å²) in [5, 5.41) is 10.0. The molecule has 0 saturated heterocycles. The van der Waals surface area contributed by atoms with Crippen LogP contribution in [-0.4, -0.2) is 21.6 Å². The molecule has 0 fully saturated rings. The summed E-state index contributed by atoms with van der Waals surface area (Å²) in [5.41, 5.74) is -0.296. The molecule has 1 aliphatic heterocycles. The lowest BCUT2D eigenvalue weighted by molar-refractivity contribution is 0.243. The Morgan fingerprint density at radius 2 is 2.38 bits per heavy atom. The van der Waals surface area contributed by atoms with Gasteiger partial charge in [-0.1, -0.05) is 11.8 Å². The molecule has 0 spiro atoms. The fourth-order valence-electron chi connectivity index (χ4n) is 0.654. The van der Waals surface area contributed by atoms with Crippen LogP contribution in [0.5, 0.6) is 0 Å². The molecule has 46 valence electrons. The normalized spacial score (nSPS) is 37.6. The first kappa shape index (κ1) is 6.11. The van der Waals surface area contributed by atoms with Gasteiger partial charge in [-0.25, -0.2) is 0 Å². The van der Waals surface area contributed by atoms with Crippen molar-refractivity contribution in [3.8, 4) is 0 Å². The summed E-state index contributed by atoms with van der Waals surface area (Å²) in [6, 6.07) is 0.0972. The van der Waals surface area contributed by atoms with E-state index in [2.05, 4.69) is 4.99 Å². The minimum absolute atomic E-state index is 0.0972. The van der Waals surface area contributed by atoms with E-state index in [4.69, 9.17) is 5.11 Å². The summed E-state index contributed by atoms with van der Waals surface area (Å²) in [7, 11) is 0. The number of aliphatic hydroxyl groups excluding tert-OH is 1. The second-order valence-electron chi connectivity index (χ2n) is 1.90. The van der Waals surface area contributed by atoms with Crippen LogP contribution in [-0.2, 0) is 0 Å². The summed E-state index contributed by atoms with van der Waals surface area (Å²) < 4.78 is 0. The average molecular weight is 131 g/mol. The van der Waals surface area contributed by atoms with Gasteiger partial charge in [0, 0.05) is 0 Å². The third-order valence-electron chi connectivity index (χ3n) is 1.09. The zero-order valence-corrected chi connectivity index (χ0v) is 5.77. The molecule has 1 N–H and O–H groups in total. The maximum atomic E-state index is 9.02. The van der Waals surface area contributed by atoms with Gasteiger partial charge in [0.05, 0.1) is 11.1 Å². The number of thioether (sulfide) groups is 1. The van der Waals surface area contributed by atoms with Crippen molar-refractivity contribution < 1.29 is 5.11 Å². The van der Waals surface area contributed by atoms with E-state index in [1.54, 1.807) is 0 Å². The van der Waals surface area contributed by atoms with Gasteiger partial charge >= 0.3 is 0 Å². The highest BCUT2D eigenvalue weighted by atomic mass is 32.2. The molecule has 1 heterocycles. The standard InChI is InChI=1S/C5H9NOS/c1-3-5(7)8-4(2)6-3/h3,5,7H,1-2H3. The topological polar surface area (TPSA) is 32.6 Å². The SMILES string of the molecule is CC1=NC(C)C(O)S1. The lowest BCUT2D eigenvalue weighted by Crippen LogP contribution is -2.10. The number of rotatable bonds is 0. The van der Waals surface area contributed by atoms with Gasteiger partial charge in [-0.15, -0.1) is 0 Å². The highest BCUT2D eigenvalue weighted by Crippen LogP contribution is 2.23. The Hall–Kier alpha value is -0.0200. The van der Waals surface area contributed by atoms with E-state index in [-0.39, 0.29) is 11.5 Å². The fourth-order valence-corrected chi connectivity index (χ4v) is 1.49. The van der Waals surface area contributed by atoms with Crippen molar-refractivity contribution in [1.29, 1.82) is 0 Å². The van der Waals surface area contributed by atoms with Gasteiger partial charge in [-0.3, -0.25) is 4.99 Å². The van der Waals surface area contributed by atoms with E-state index >= 15 is 0 Å². The fraction of sp³-hybridized carbons (Fsp3) is 0.800. The first-order valence-electron chi connectivity index (χ1n) is 2.59. The van der Waals surface area contributed by atoms with Gasteiger partial charge in [-0.2, -0.15) is 0 Å². The molecule has 1 rings (SSSR count). The lowest BCUT2D eigenvalue weighted by Gasteiger charge is -2.01. The van der Waals surface area contributed by atoms with Gasteiger partial charge in [0.2, 0.25) is 0 Å². The van der Waals surface area contributed by atoms with Crippen LogP contribution in [0.25, 0.3) is 0 Å². The van der Waals surface area contributed by atoms with E-state index in [0.29, 0.717) is 0 Å². The highest BCUT2D eigenvalue weighted by Gasteiger charge is 2.20. The maximum Gasteiger partial charge on any atom is 0.127 e. The molecular weight excluding hydrogens is 122 g/mol. The zero-order chi connectivity index (χ0) is 6.15. The first-order chi connectivity index (χ1) is 3.70. The van der Waals surface area contributed by atoms with Crippen molar-refractivity contribution in [1.82, 2.24) is 0 Å². The van der Waals surface area contributed by atoms with Crippen molar-refractivity contribution >= 4 is 16.8 Å². The van der Waals surface area contributed by atoms with E-state index in [1.165, 1.54) is 11.8 Å².